The Labute approximate surface area is 172 Å². The lowest BCUT2D eigenvalue weighted by Gasteiger charge is -2.18. The largest absolute Gasteiger partial charge is 0.478 e. The molecular weight excluding hydrogens is 455 g/mol. The van der Waals surface area contributed by atoms with Gasteiger partial charge in [0.25, 0.3) is 21.8 Å². The number of H-pyrrole nitrogens is 1. The molecule has 0 aliphatic heterocycles. The molecule has 0 aromatic carbocycles. The van der Waals surface area contributed by atoms with E-state index >= 15 is 0 Å². The van der Waals surface area contributed by atoms with E-state index < -0.39 is 46.3 Å². The van der Waals surface area contributed by atoms with Gasteiger partial charge in [-0.15, -0.1) is 0 Å². The second-order valence-electron chi connectivity index (χ2n) is 5.56. The molecule has 162 valence electrons. The van der Waals surface area contributed by atoms with Crippen LogP contribution in [-0.2, 0) is 10.0 Å². The molecule has 30 heavy (non-hydrogen) atoms. The lowest BCUT2D eigenvalue weighted by atomic mass is 10.3. The number of halogens is 4. The molecule has 0 bridgehead atoms. The van der Waals surface area contributed by atoms with Crippen molar-refractivity contribution < 1.29 is 35.8 Å². The highest BCUT2D eigenvalue weighted by Crippen LogP contribution is 2.39. The minimum absolute atomic E-state index is 0.153. The summed E-state index contributed by atoms with van der Waals surface area (Å²) in [5.41, 5.74) is 0.219. The van der Waals surface area contributed by atoms with Gasteiger partial charge in [-0.3, -0.25) is 0 Å². The second-order valence-corrected chi connectivity index (χ2v) is 7.59. The van der Waals surface area contributed by atoms with Crippen molar-refractivity contribution in [2.45, 2.75) is 11.0 Å². The zero-order valence-corrected chi connectivity index (χ0v) is 16.8. The number of alkyl halides is 3. The van der Waals surface area contributed by atoms with Crippen LogP contribution in [0.15, 0.2) is 23.2 Å². The van der Waals surface area contributed by atoms with Crippen molar-refractivity contribution in [1.82, 2.24) is 19.9 Å². The number of pyridine rings is 1. The summed E-state index contributed by atoms with van der Waals surface area (Å²) in [4.78, 5) is 13.8. The van der Waals surface area contributed by atoms with Gasteiger partial charge in [-0.25, -0.2) is 22.5 Å². The molecule has 3 heterocycles. The minimum Gasteiger partial charge on any atom is -0.478 e. The molecule has 2 N–H and O–H groups in total. The van der Waals surface area contributed by atoms with Crippen LogP contribution in [0.2, 0.25) is 5.15 Å². The van der Waals surface area contributed by atoms with Gasteiger partial charge in [0.1, 0.15) is 15.7 Å². The molecule has 3 aromatic heterocycles. The fourth-order valence-electron chi connectivity index (χ4n) is 2.35. The van der Waals surface area contributed by atoms with Gasteiger partial charge in [-0.1, -0.05) is 11.6 Å². The van der Waals surface area contributed by atoms with Gasteiger partial charge in [0.05, 0.1) is 14.2 Å². The summed E-state index contributed by atoms with van der Waals surface area (Å²) in [6.07, 6.45) is -3.03. The number of fused-ring (bicyclic) bond motifs is 1. The monoisotopic (exact) mass is 467 g/mol. The summed E-state index contributed by atoms with van der Waals surface area (Å²) in [5.74, 6) is -2.60. The Morgan fingerprint density at radius 2 is 1.80 bits per heavy atom. The number of aromatic amines is 1. The molecule has 0 spiro atoms. The van der Waals surface area contributed by atoms with Gasteiger partial charge in [0.2, 0.25) is 11.7 Å². The number of sulfonamides is 1. The SMILES string of the molecule is COc1nc(NS(=O)(=O)c2c[nH]c3nc(Cl)ccc23)nc(OC)c1OC(F)(F)CF. The highest BCUT2D eigenvalue weighted by Gasteiger charge is 2.36. The first-order chi connectivity index (χ1) is 14.1. The van der Waals surface area contributed by atoms with Crippen molar-refractivity contribution in [3.8, 4) is 17.5 Å². The highest BCUT2D eigenvalue weighted by molar-refractivity contribution is 7.93. The molecule has 10 nitrogen and oxygen atoms in total. The second kappa shape index (κ2) is 8.02. The first-order valence-corrected chi connectivity index (χ1v) is 9.75. The summed E-state index contributed by atoms with van der Waals surface area (Å²) in [5, 5.41) is 0.383. The lowest BCUT2D eigenvalue weighted by molar-refractivity contribution is -0.188. The molecule has 15 heteroatoms. The molecular formula is C15H13ClF3N5O5S. The molecule has 0 unspecified atom stereocenters. The molecule has 0 radical (unpaired) electrons. The van der Waals surface area contributed by atoms with Gasteiger partial charge in [-0.05, 0) is 12.1 Å². The van der Waals surface area contributed by atoms with Crippen molar-refractivity contribution >= 4 is 38.6 Å². The van der Waals surface area contributed by atoms with E-state index in [4.69, 9.17) is 21.1 Å². The predicted octanol–water partition coefficient (Wildman–Crippen LogP) is 2.77. The number of methoxy groups -OCH3 is 2. The number of aromatic nitrogens is 4. The van der Waals surface area contributed by atoms with Crippen LogP contribution in [0.5, 0.6) is 17.5 Å². The number of nitrogens with one attached hydrogen (secondary N) is 2. The molecule has 0 saturated carbocycles. The Morgan fingerprint density at radius 1 is 1.17 bits per heavy atom. The maximum Gasteiger partial charge on any atom is 0.427 e. The first kappa shape index (κ1) is 21.7. The van der Waals surface area contributed by atoms with Crippen LogP contribution in [0.1, 0.15) is 0 Å². The zero-order chi connectivity index (χ0) is 22.1. The van der Waals surface area contributed by atoms with E-state index in [9.17, 15) is 21.6 Å². The Kier molecular flexibility index (Phi) is 5.81. The van der Waals surface area contributed by atoms with Crippen molar-refractivity contribution in [2.75, 3.05) is 25.6 Å². The molecule has 0 aliphatic carbocycles. The van der Waals surface area contributed by atoms with E-state index in [-0.39, 0.29) is 21.1 Å². The third kappa shape index (κ3) is 4.28. The smallest absolute Gasteiger partial charge is 0.427 e. The van der Waals surface area contributed by atoms with Gasteiger partial charge in [-0.2, -0.15) is 18.7 Å². The highest BCUT2D eigenvalue weighted by atomic mass is 35.5. The van der Waals surface area contributed by atoms with Crippen LogP contribution >= 0.6 is 11.6 Å². The molecule has 0 amide bonds. The van der Waals surface area contributed by atoms with Crippen molar-refractivity contribution in [1.29, 1.82) is 0 Å². The van der Waals surface area contributed by atoms with Gasteiger partial charge >= 0.3 is 6.11 Å². The fraction of sp³-hybridized carbons (Fsp3) is 0.267. The van der Waals surface area contributed by atoms with E-state index in [2.05, 4.69) is 29.4 Å². The number of hydrogen-bond acceptors (Lipinski definition) is 8. The maximum atomic E-state index is 13.3. The summed E-state index contributed by atoms with van der Waals surface area (Å²) in [7, 11) is -2.16. The number of rotatable bonds is 8. The average Bonchev–Trinajstić information content (AvgIpc) is 3.12. The Bertz CT molecular complexity index is 1170. The quantitative estimate of drug-likeness (QED) is 0.484. The summed E-state index contributed by atoms with van der Waals surface area (Å²) >= 11 is 5.78. The number of ether oxygens (including phenoxy) is 3. The van der Waals surface area contributed by atoms with Crippen molar-refractivity contribution in [3.63, 3.8) is 0 Å². The van der Waals surface area contributed by atoms with Crippen molar-refractivity contribution in [3.05, 3.63) is 23.5 Å². The van der Waals surface area contributed by atoms with Gasteiger partial charge in [0, 0.05) is 11.6 Å². The first-order valence-electron chi connectivity index (χ1n) is 7.89. The minimum atomic E-state index is -4.26. The standard InChI is InChI=1S/C15H13ClF3N5O5S/c1-27-12-10(29-15(18,19)6-17)13(28-2)23-14(22-12)24-30(25,26)8-5-20-11-7(8)3-4-9(16)21-11/h3-5H,6H2,1-2H3,(H,20,21)(H,22,23,24). The van der Waals surface area contributed by atoms with E-state index in [1.165, 1.54) is 18.3 Å². The Morgan fingerprint density at radius 3 is 2.37 bits per heavy atom. The van der Waals surface area contributed by atoms with E-state index in [1.807, 2.05) is 0 Å². The third-order valence-corrected chi connectivity index (χ3v) is 5.16. The molecule has 3 aromatic rings. The molecule has 0 fully saturated rings. The van der Waals surface area contributed by atoms with Crippen LogP contribution in [0.25, 0.3) is 11.0 Å². The van der Waals surface area contributed by atoms with Crippen LogP contribution in [0, 0.1) is 0 Å². The van der Waals surface area contributed by atoms with E-state index in [0.29, 0.717) is 0 Å². The average molecular weight is 468 g/mol. The number of nitrogens with zero attached hydrogens (tertiary/aromatic N) is 3. The summed E-state index contributed by atoms with van der Waals surface area (Å²) < 4.78 is 80.6. The molecule has 0 saturated heterocycles. The molecule has 3 rings (SSSR count). The Balaban J connectivity index is 2.01. The van der Waals surface area contributed by atoms with Crippen LogP contribution in [0.4, 0.5) is 19.1 Å². The van der Waals surface area contributed by atoms with Crippen LogP contribution in [0.3, 0.4) is 0 Å². The molecule has 0 aliphatic rings. The lowest BCUT2D eigenvalue weighted by Crippen LogP contribution is -2.28. The third-order valence-electron chi connectivity index (χ3n) is 3.58. The maximum absolute atomic E-state index is 13.3. The predicted molar refractivity (Wildman–Crippen MR) is 98.6 cm³/mol. The Hall–Kier alpha value is -3.00. The van der Waals surface area contributed by atoms with Gasteiger partial charge < -0.3 is 19.2 Å². The number of hydrogen-bond donors (Lipinski definition) is 2. The summed E-state index contributed by atoms with van der Waals surface area (Å²) in [6.45, 7) is -2.13. The normalized spacial score (nSPS) is 12.1. The van der Waals surface area contributed by atoms with Crippen LogP contribution in [-0.4, -0.2) is 55.4 Å². The van der Waals surface area contributed by atoms with Gasteiger partial charge in [0.15, 0.2) is 6.67 Å². The fourth-order valence-corrected chi connectivity index (χ4v) is 3.61. The van der Waals surface area contributed by atoms with E-state index in [0.717, 1.165) is 14.2 Å². The summed E-state index contributed by atoms with van der Waals surface area (Å²) in [6, 6.07) is 2.84. The number of anilines is 1. The topological polar surface area (TPSA) is 128 Å². The van der Waals surface area contributed by atoms with Crippen LogP contribution < -0.4 is 18.9 Å². The molecule has 0 atom stereocenters. The zero-order valence-electron chi connectivity index (χ0n) is 15.2. The van der Waals surface area contributed by atoms with Crippen molar-refractivity contribution in [2.24, 2.45) is 0 Å². The van der Waals surface area contributed by atoms with E-state index in [1.54, 1.807) is 0 Å².